The summed E-state index contributed by atoms with van der Waals surface area (Å²) in [5.74, 6) is -0.217. The Hall–Kier alpha value is -1.58. The van der Waals surface area contributed by atoms with Gasteiger partial charge in [-0.1, -0.05) is 5.16 Å². The van der Waals surface area contributed by atoms with Crippen LogP contribution in [0.25, 0.3) is 11.0 Å². The van der Waals surface area contributed by atoms with E-state index >= 15 is 0 Å². The summed E-state index contributed by atoms with van der Waals surface area (Å²) in [4.78, 5) is 2.08. The normalized spacial score (nSPS) is 16.2. The van der Waals surface area contributed by atoms with Gasteiger partial charge in [-0.05, 0) is 25.8 Å². The van der Waals surface area contributed by atoms with Gasteiger partial charge < -0.3 is 9.42 Å². The molecule has 2 aromatic rings. The van der Waals surface area contributed by atoms with Crippen LogP contribution in [-0.2, 0) is 0 Å². The van der Waals surface area contributed by atoms with Crippen molar-refractivity contribution in [2.45, 2.75) is 19.8 Å². The molecule has 0 bridgehead atoms. The summed E-state index contributed by atoms with van der Waals surface area (Å²) in [5, 5.41) is 4.75. The quantitative estimate of drug-likeness (QED) is 0.740. The van der Waals surface area contributed by atoms with E-state index in [0.717, 1.165) is 37.0 Å². The van der Waals surface area contributed by atoms with Crippen molar-refractivity contribution in [2.24, 2.45) is 0 Å². The van der Waals surface area contributed by atoms with Crippen molar-refractivity contribution in [1.29, 1.82) is 0 Å². The number of aromatic nitrogens is 1. The number of rotatable bonds is 1. The van der Waals surface area contributed by atoms with Crippen LogP contribution in [0, 0.1) is 12.7 Å². The molecule has 0 unspecified atom stereocenters. The highest BCUT2D eigenvalue weighted by Gasteiger charge is 2.18. The maximum Gasteiger partial charge on any atom is 0.170 e. The van der Waals surface area contributed by atoms with Crippen molar-refractivity contribution in [1.82, 2.24) is 5.16 Å². The largest absolute Gasteiger partial charge is 0.369 e. The summed E-state index contributed by atoms with van der Waals surface area (Å²) in [5.41, 5.74) is 2.02. The van der Waals surface area contributed by atoms with Crippen molar-refractivity contribution < 1.29 is 8.91 Å². The molecule has 0 spiro atoms. The van der Waals surface area contributed by atoms with E-state index in [9.17, 15) is 4.39 Å². The number of anilines is 1. The molecule has 1 aromatic carbocycles. The molecule has 0 amide bonds. The Morgan fingerprint density at radius 3 is 2.81 bits per heavy atom. The summed E-state index contributed by atoms with van der Waals surface area (Å²) in [6, 6.07) is 3.28. The van der Waals surface area contributed by atoms with Gasteiger partial charge in [0.15, 0.2) is 5.58 Å². The fourth-order valence-corrected chi connectivity index (χ4v) is 2.27. The molecule has 0 saturated carbocycles. The van der Waals surface area contributed by atoms with E-state index < -0.39 is 0 Å². The first kappa shape index (κ1) is 9.63. The summed E-state index contributed by atoms with van der Waals surface area (Å²) in [6.45, 7) is 3.75. The van der Waals surface area contributed by atoms with E-state index in [0.29, 0.717) is 11.3 Å². The van der Waals surface area contributed by atoms with Crippen LogP contribution in [0.3, 0.4) is 0 Å². The van der Waals surface area contributed by atoms with Crippen molar-refractivity contribution in [2.75, 3.05) is 18.0 Å². The van der Waals surface area contributed by atoms with E-state index in [4.69, 9.17) is 4.52 Å². The lowest BCUT2D eigenvalue weighted by atomic mass is 10.2. The van der Waals surface area contributed by atoms with Crippen molar-refractivity contribution in [3.8, 4) is 0 Å². The zero-order valence-electron chi connectivity index (χ0n) is 9.16. The minimum Gasteiger partial charge on any atom is -0.369 e. The second-order valence-corrected chi connectivity index (χ2v) is 4.26. The number of halogens is 1. The predicted octanol–water partition coefficient (Wildman–Crippen LogP) is 2.88. The zero-order valence-corrected chi connectivity index (χ0v) is 9.16. The topological polar surface area (TPSA) is 29.3 Å². The number of hydrogen-bond acceptors (Lipinski definition) is 3. The average molecular weight is 220 g/mol. The van der Waals surface area contributed by atoms with Gasteiger partial charge in [-0.15, -0.1) is 0 Å². The highest BCUT2D eigenvalue weighted by molar-refractivity contribution is 5.83. The molecule has 4 heteroatoms. The van der Waals surface area contributed by atoms with Crippen LogP contribution in [0.15, 0.2) is 16.7 Å². The number of aryl methyl sites for hydroxylation is 1. The summed E-state index contributed by atoms with van der Waals surface area (Å²) in [6.07, 6.45) is 2.28. The van der Waals surface area contributed by atoms with E-state index in [2.05, 4.69) is 10.1 Å². The molecular weight excluding hydrogens is 207 g/mol. The molecule has 1 aliphatic rings. The fraction of sp³-hybridized carbons (Fsp3) is 0.417. The predicted molar refractivity (Wildman–Crippen MR) is 60.2 cm³/mol. The Kier molecular flexibility index (Phi) is 2.09. The third-order valence-electron chi connectivity index (χ3n) is 3.17. The number of fused-ring (bicyclic) bond motifs is 1. The van der Waals surface area contributed by atoms with Gasteiger partial charge in [-0.25, -0.2) is 4.39 Å². The number of hydrogen-bond donors (Lipinski definition) is 0. The lowest BCUT2D eigenvalue weighted by molar-refractivity contribution is 0.448. The maximum atomic E-state index is 13.9. The van der Waals surface area contributed by atoms with E-state index in [1.165, 1.54) is 6.07 Å². The fourth-order valence-electron chi connectivity index (χ4n) is 2.27. The Balaban J connectivity index is 2.15. The second-order valence-electron chi connectivity index (χ2n) is 4.26. The minimum absolute atomic E-state index is 0.217. The lowest BCUT2D eigenvalue weighted by Crippen LogP contribution is -2.18. The first-order valence-corrected chi connectivity index (χ1v) is 5.56. The van der Waals surface area contributed by atoms with Gasteiger partial charge in [0.1, 0.15) is 5.82 Å². The van der Waals surface area contributed by atoms with Gasteiger partial charge >= 0.3 is 0 Å². The highest BCUT2D eigenvalue weighted by Crippen LogP contribution is 2.29. The van der Waals surface area contributed by atoms with Crippen molar-refractivity contribution in [3.63, 3.8) is 0 Å². The van der Waals surface area contributed by atoms with Crippen LogP contribution >= 0.6 is 0 Å². The van der Waals surface area contributed by atoms with Crippen LogP contribution in [0.1, 0.15) is 18.5 Å². The molecule has 16 heavy (non-hydrogen) atoms. The van der Waals surface area contributed by atoms with E-state index in [-0.39, 0.29) is 5.82 Å². The standard InChI is InChI=1S/C12H13FN2O/c1-8-9-6-11(15-4-2-3-5-15)10(13)7-12(9)16-14-8/h6-7H,2-5H2,1H3. The monoisotopic (exact) mass is 220 g/mol. The molecule has 1 fully saturated rings. The molecule has 1 saturated heterocycles. The summed E-state index contributed by atoms with van der Waals surface area (Å²) in [7, 11) is 0. The number of nitrogens with zero attached hydrogens (tertiary/aromatic N) is 2. The zero-order chi connectivity index (χ0) is 11.1. The molecule has 1 aliphatic heterocycles. The third-order valence-corrected chi connectivity index (χ3v) is 3.17. The summed E-state index contributed by atoms with van der Waals surface area (Å²) >= 11 is 0. The Labute approximate surface area is 92.8 Å². The molecule has 1 aromatic heterocycles. The van der Waals surface area contributed by atoms with Crippen LogP contribution in [0.2, 0.25) is 0 Å². The van der Waals surface area contributed by atoms with Crippen molar-refractivity contribution >= 4 is 16.7 Å². The SMILES string of the molecule is Cc1noc2cc(F)c(N3CCCC3)cc12. The minimum atomic E-state index is -0.217. The second kappa shape index (κ2) is 3.47. The van der Waals surface area contributed by atoms with E-state index in [1.807, 2.05) is 13.0 Å². The highest BCUT2D eigenvalue weighted by atomic mass is 19.1. The van der Waals surface area contributed by atoms with Gasteiger partial charge in [0.2, 0.25) is 0 Å². The summed E-state index contributed by atoms with van der Waals surface area (Å²) < 4.78 is 18.9. The maximum absolute atomic E-state index is 13.9. The number of benzene rings is 1. The Morgan fingerprint density at radius 1 is 1.31 bits per heavy atom. The molecule has 0 atom stereocenters. The molecule has 2 heterocycles. The molecule has 3 nitrogen and oxygen atoms in total. The molecular formula is C12H13FN2O. The van der Waals surface area contributed by atoms with Crippen LogP contribution in [0.5, 0.6) is 0 Å². The van der Waals surface area contributed by atoms with Crippen LogP contribution in [0.4, 0.5) is 10.1 Å². The molecule has 84 valence electrons. The smallest absolute Gasteiger partial charge is 0.170 e. The molecule has 0 aliphatic carbocycles. The molecule has 0 radical (unpaired) electrons. The molecule has 0 N–H and O–H groups in total. The van der Waals surface area contributed by atoms with Gasteiger partial charge in [0, 0.05) is 24.5 Å². The van der Waals surface area contributed by atoms with Gasteiger partial charge in [0.05, 0.1) is 11.4 Å². The van der Waals surface area contributed by atoms with Gasteiger partial charge in [-0.3, -0.25) is 0 Å². The molecule has 3 rings (SSSR count). The Morgan fingerprint density at radius 2 is 2.06 bits per heavy atom. The Bertz CT molecular complexity index is 529. The third kappa shape index (κ3) is 1.37. The average Bonchev–Trinajstić information content (AvgIpc) is 2.88. The van der Waals surface area contributed by atoms with Crippen LogP contribution in [-0.4, -0.2) is 18.2 Å². The van der Waals surface area contributed by atoms with Gasteiger partial charge in [0.25, 0.3) is 0 Å². The van der Waals surface area contributed by atoms with Gasteiger partial charge in [-0.2, -0.15) is 0 Å². The first-order valence-electron chi connectivity index (χ1n) is 5.56. The van der Waals surface area contributed by atoms with E-state index in [1.54, 1.807) is 0 Å². The van der Waals surface area contributed by atoms with Crippen molar-refractivity contribution in [3.05, 3.63) is 23.6 Å². The van der Waals surface area contributed by atoms with Crippen LogP contribution < -0.4 is 4.90 Å². The lowest BCUT2D eigenvalue weighted by Gasteiger charge is -2.18. The first-order chi connectivity index (χ1) is 7.75.